The number of halogens is 2. The first-order valence-corrected chi connectivity index (χ1v) is 13.9. The van der Waals surface area contributed by atoms with Gasteiger partial charge in [-0.05, 0) is 69.2 Å². The van der Waals surface area contributed by atoms with Crippen LogP contribution >= 0.6 is 23.2 Å². The summed E-state index contributed by atoms with van der Waals surface area (Å²) in [4.78, 5) is 35.4. The summed E-state index contributed by atoms with van der Waals surface area (Å²) in [6.07, 6.45) is 0. The number of nitrogens with zero attached hydrogens (tertiary/aromatic N) is 3. The number of carbonyl (C=O) groups is 2. The number of carbonyl (C=O) groups excluding carboxylic acids is 2. The van der Waals surface area contributed by atoms with Gasteiger partial charge < -0.3 is 19.4 Å². The predicted molar refractivity (Wildman–Crippen MR) is 160 cm³/mol. The lowest BCUT2D eigenvalue weighted by molar-refractivity contribution is -0.119. The van der Waals surface area contributed by atoms with Crippen molar-refractivity contribution >= 4 is 46.4 Å². The Hall–Kier alpha value is -4.01. The highest BCUT2D eigenvalue weighted by Gasteiger charge is 2.64. The Kier molecular flexibility index (Phi) is 6.32. The topological polar surface area (TPSA) is 85.7 Å². The molecule has 3 aromatic carbocycles. The molecule has 0 fully saturated rings. The molecular formula is C31H28Cl2N4O4. The monoisotopic (exact) mass is 590 g/mol. The van der Waals surface area contributed by atoms with E-state index in [1.807, 2.05) is 44.4 Å². The van der Waals surface area contributed by atoms with Crippen LogP contribution in [0.5, 0.6) is 11.5 Å². The maximum absolute atomic E-state index is 14.5. The Balaban J connectivity index is 1.74. The molecule has 1 atom stereocenters. The van der Waals surface area contributed by atoms with Crippen LogP contribution in [0.15, 0.2) is 48.5 Å². The lowest BCUT2D eigenvalue weighted by atomic mass is 9.86. The molecule has 0 saturated carbocycles. The Morgan fingerprint density at radius 1 is 0.902 bits per heavy atom. The van der Waals surface area contributed by atoms with Gasteiger partial charge in [0, 0.05) is 33.4 Å². The number of ether oxygens (including phenoxy) is 2. The van der Waals surface area contributed by atoms with E-state index >= 15 is 0 Å². The second-order valence-electron chi connectivity index (χ2n) is 10.5. The number of aryl methyl sites for hydroxylation is 2. The smallest absolute Gasteiger partial charge is 0.280 e. The summed E-state index contributed by atoms with van der Waals surface area (Å²) in [5.74, 6) is 0.917. The standard InChI is InChI=1S/C31H28Cl2N4O4/c1-15(2)36-27-26(35-28(36)20-11-17(4)24(40-5)14-25(20)41-6)29(38)37(23-13-19(33)8-7-16(23)3)31(27)21-10-9-18(32)12-22(21)34-30(31)39/h7-15H,1-6H3,(H,34,39)/t31-/m1/s1. The molecule has 0 saturated heterocycles. The van der Waals surface area contributed by atoms with Crippen LogP contribution in [0.1, 0.15) is 52.8 Å². The summed E-state index contributed by atoms with van der Waals surface area (Å²) < 4.78 is 13.2. The van der Waals surface area contributed by atoms with Crippen LogP contribution in [0, 0.1) is 13.8 Å². The summed E-state index contributed by atoms with van der Waals surface area (Å²) in [7, 11) is 3.17. The van der Waals surface area contributed by atoms with Gasteiger partial charge in [0.2, 0.25) is 0 Å². The maximum atomic E-state index is 14.5. The lowest BCUT2D eigenvalue weighted by Gasteiger charge is -2.36. The molecular weight excluding hydrogens is 563 g/mol. The molecule has 41 heavy (non-hydrogen) atoms. The average molecular weight is 591 g/mol. The van der Waals surface area contributed by atoms with Gasteiger partial charge in [-0.25, -0.2) is 4.98 Å². The van der Waals surface area contributed by atoms with Gasteiger partial charge in [-0.1, -0.05) is 35.3 Å². The van der Waals surface area contributed by atoms with Gasteiger partial charge in [-0.3, -0.25) is 14.5 Å². The van der Waals surface area contributed by atoms with Crippen LogP contribution in [0.3, 0.4) is 0 Å². The van der Waals surface area contributed by atoms with E-state index in [0.29, 0.717) is 55.6 Å². The Morgan fingerprint density at radius 2 is 1.59 bits per heavy atom. The first-order valence-electron chi connectivity index (χ1n) is 13.1. The maximum Gasteiger partial charge on any atom is 0.280 e. The first-order chi connectivity index (χ1) is 19.5. The molecule has 10 heteroatoms. The number of benzene rings is 3. The third kappa shape index (κ3) is 3.70. The van der Waals surface area contributed by atoms with Gasteiger partial charge in [0.25, 0.3) is 11.8 Å². The summed E-state index contributed by atoms with van der Waals surface area (Å²) in [5.41, 5.74) is 3.08. The second-order valence-corrected chi connectivity index (χ2v) is 11.4. The average Bonchev–Trinajstić information content (AvgIpc) is 3.54. The lowest BCUT2D eigenvalue weighted by Crippen LogP contribution is -2.51. The molecule has 2 aliphatic rings. The number of aromatic nitrogens is 2. The van der Waals surface area contributed by atoms with Gasteiger partial charge in [0.1, 0.15) is 17.3 Å². The van der Waals surface area contributed by atoms with Crippen molar-refractivity contribution in [3.05, 3.63) is 86.7 Å². The number of hydrogen-bond donors (Lipinski definition) is 1. The molecule has 0 unspecified atom stereocenters. The van der Waals surface area contributed by atoms with Crippen LogP contribution in [0.2, 0.25) is 10.0 Å². The number of nitrogens with one attached hydrogen (secondary N) is 1. The number of anilines is 2. The minimum atomic E-state index is -1.56. The van der Waals surface area contributed by atoms with Gasteiger partial charge in [0.05, 0.1) is 31.2 Å². The van der Waals surface area contributed by atoms with Crippen molar-refractivity contribution in [3.63, 3.8) is 0 Å². The molecule has 2 aliphatic heterocycles. The van der Waals surface area contributed by atoms with E-state index in [4.69, 9.17) is 37.7 Å². The SMILES string of the molecule is COc1cc(OC)c(-c2nc3c(n2C(C)C)[C@]2(C(=O)Nc4cc(Cl)ccc42)N(c2cc(Cl)ccc2C)C3=O)cc1C. The summed E-state index contributed by atoms with van der Waals surface area (Å²) in [5, 5.41) is 3.90. The molecule has 3 heterocycles. The van der Waals surface area contributed by atoms with Crippen LogP contribution < -0.4 is 19.7 Å². The zero-order valence-corrected chi connectivity index (χ0v) is 24.9. The first kappa shape index (κ1) is 27.2. The molecule has 8 nitrogen and oxygen atoms in total. The highest BCUT2D eigenvalue weighted by atomic mass is 35.5. The zero-order valence-electron chi connectivity index (χ0n) is 23.4. The van der Waals surface area contributed by atoms with E-state index in [-0.39, 0.29) is 17.6 Å². The van der Waals surface area contributed by atoms with Gasteiger partial charge in [-0.15, -0.1) is 0 Å². The summed E-state index contributed by atoms with van der Waals surface area (Å²) >= 11 is 12.8. The molecule has 0 aliphatic carbocycles. The quantitative estimate of drug-likeness (QED) is 0.272. The Bertz CT molecular complexity index is 1780. The number of fused-ring (bicyclic) bond motifs is 4. The number of amides is 2. The second kappa shape index (κ2) is 9.53. The van der Waals surface area contributed by atoms with Crippen molar-refractivity contribution in [1.82, 2.24) is 9.55 Å². The highest BCUT2D eigenvalue weighted by molar-refractivity contribution is 6.32. The Morgan fingerprint density at radius 3 is 2.27 bits per heavy atom. The molecule has 6 rings (SSSR count). The summed E-state index contributed by atoms with van der Waals surface area (Å²) in [6.45, 7) is 7.80. The van der Waals surface area contributed by atoms with Crippen molar-refractivity contribution in [3.8, 4) is 22.9 Å². The van der Waals surface area contributed by atoms with E-state index in [1.54, 1.807) is 50.6 Å². The number of rotatable bonds is 5. The molecule has 1 aromatic heterocycles. The largest absolute Gasteiger partial charge is 0.496 e. The van der Waals surface area contributed by atoms with Crippen molar-refractivity contribution in [1.29, 1.82) is 0 Å². The minimum Gasteiger partial charge on any atom is -0.496 e. The van der Waals surface area contributed by atoms with E-state index in [9.17, 15) is 9.59 Å². The molecule has 1 spiro atoms. The molecule has 1 N–H and O–H groups in total. The van der Waals surface area contributed by atoms with E-state index in [1.165, 1.54) is 4.90 Å². The fourth-order valence-corrected chi connectivity index (χ4v) is 6.40. The molecule has 0 bridgehead atoms. The molecule has 0 radical (unpaired) electrons. The van der Waals surface area contributed by atoms with Gasteiger partial charge in [-0.2, -0.15) is 0 Å². The minimum absolute atomic E-state index is 0.182. The zero-order chi connectivity index (χ0) is 29.4. The van der Waals surface area contributed by atoms with E-state index in [0.717, 1.165) is 11.1 Å². The predicted octanol–water partition coefficient (Wildman–Crippen LogP) is 6.93. The van der Waals surface area contributed by atoms with Crippen molar-refractivity contribution < 1.29 is 19.1 Å². The van der Waals surface area contributed by atoms with E-state index in [2.05, 4.69) is 5.32 Å². The fourth-order valence-electron chi connectivity index (χ4n) is 6.06. The van der Waals surface area contributed by atoms with Crippen LogP contribution in [-0.2, 0) is 10.3 Å². The van der Waals surface area contributed by atoms with Gasteiger partial charge >= 0.3 is 0 Å². The van der Waals surface area contributed by atoms with Crippen molar-refractivity contribution in [2.75, 3.05) is 24.4 Å². The van der Waals surface area contributed by atoms with Gasteiger partial charge in [0.15, 0.2) is 11.2 Å². The number of methoxy groups -OCH3 is 2. The molecule has 2 amide bonds. The third-order valence-electron chi connectivity index (χ3n) is 7.83. The number of imidazole rings is 1. The normalized spacial score (nSPS) is 17.3. The van der Waals surface area contributed by atoms with E-state index < -0.39 is 11.4 Å². The summed E-state index contributed by atoms with van der Waals surface area (Å²) in [6, 6.07) is 14.0. The Labute approximate surface area is 247 Å². The van der Waals surface area contributed by atoms with Crippen molar-refractivity contribution in [2.24, 2.45) is 0 Å². The third-order valence-corrected chi connectivity index (χ3v) is 8.30. The molecule has 210 valence electrons. The van der Waals surface area contributed by atoms with Crippen LogP contribution in [0.25, 0.3) is 11.4 Å². The highest BCUT2D eigenvalue weighted by Crippen LogP contribution is 2.55. The fraction of sp³-hybridized carbons (Fsp3) is 0.258. The van der Waals surface area contributed by atoms with Crippen LogP contribution in [0.4, 0.5) is 11.4 Å². The van der Waals surface area contributed by atoms with Crippen LogP contribution in [-0.4, -0.2) is 35.6 Å². The number of hydrogen-bond acceptors (Lipinski definition) is 5. The molecule has 4 aromatic rings. The van der Waals surface area contributed by atoms with Crippen molar-refractivity contribution in [2.45, 2.75) is 39.3 Å².